The number of phenols is 1. The lowest BCUT2D eigenvalue weighted by Crippen LogP contribution is -2.47. The number of phenolic OH excluding ortho intramolecular Hbond substituents is 1. The van der Waals surface area contributed by atoms with Gasteiger partial charge in [-0.05, 0) is 31.8 Å². The number of carbonyl (C=O) groups excluding carboxylic acids is 5. The van der Waals surface area contributed by atoms with E-state index in [-0.39, 0.29) is 39.9 Å². The molecule has 6 rings (SSSR count). The molecule has 4 N–H and O–H groups in total. The average molecular weight is 893 g/mol. The Balaban J connectivity index is 1.63. The van der Waals surface area contributed by atoms with E-state index in [1.54, 1.807) is 45.0 Å². The van der Waals surface area contributed by atoms with Crippen LogP contribution in [0.4, 0.5) is 0 Å². The number of nitrogens with zero attached hydrogens (tertiary/aromatic N) is 3. The van der Waals surface area contributed by atoms with Crippen molar-refractivity contribution in [2.75, 3.05) is 53.6 Å². The Bertz CT molecular complexity index is 2140. The molecule has 350 valence electrons. The van der Waals surface area contributed by atoms with Gasteiger partial charge < -0.3 is 44.3 Å². The molecule has 5 bridgehead atoms. The quantitative estimate of drug-likeness (QED) is 0.225. The molecule has 17 nitrogen and oxygen atoms in total. The maximum atomic E-state index is 14.8. The number of piperazine rings is 1. The number of hydrazone groups is 1. The molecule has 0 saturated carbocycles. The van der Waals surface area contributed by atoms with Gasteiger partial charge in [0.2, 0.25) is 5.78 Å². The normalized spacial score (nSPS) is 33.0. The molecule has 64 heavy (non-hydrogen) atoms. The summed E-state index contributed by atoms with van der Waals surface area (Å²) in [6.45, 7) is 18.0. The van der Waals surface area contributed by atoms with Crippen molar-refractivity contribution in [3.63, 3.8) is 0 Å². The van der Waals surface area contributed by atoms with Crippen molar-refractivity contribution < 1.29 is 63.0 Å². The summed E-state index contributed by atoms with van der Waals surface area (Å²) in [5.74, 6) is -9.44. The van der Waals surface area contributed by atoms with Crippen molar-refractivity contribution in [2.24, 2.45) is 34.7 Å². The Hall–Kier alpha value is -5.20. The minimum absolute atomic E-state index is 0.0146. The number of fused-ring (bicyclic) bond motifs is 15. The zero-order valence-electron chi connectivity index (χ0n) is 38.7. The van der Waals surface area contributed by atoms with E-state index in [0.29, 0.717) is 32.8 Å². The van der Waals surface area contributed by atoms with Crippen LogP contribution in [0.5, 0.6) is 11.5 Å². The van der Waals surface area contributed by atoms with E-state index in [9.17, 15) is 39.3 Å². The van der Waals surface area contributed by atoms with Crippen LogP contribution in [-0.4, -0.2) is 144 Å². The highest BCUT2D eigenvalue weighted by Gasteiger charge is 2.52. The van der Waals surface area contributed by atoms with E-state index < -0.39 is 99.8 Å². The number of aromatic hydroxyl groups is 1. The van der Waals surface area contributed by atoms with Gasteiger partial charge in [-0.15, -0.1) is 0 Å². The van der Waals surface area contributed by atoms with E-state index in [0.717, 1.165) is 6.54 Å². The highest BCUT2D eigenvalue weighted by atomic mass is 16.7. The molecule has 1 amide bonds. The number of nitrogens with one attached hydrogen (secondary N) is 1. The van der Waals surface area contributed by atoms with Crippen LogP contribution in [0.1, 0.15) is 92.0 Å². The molecule has 1 fully saturated rings. The van der Waals surface area contributed by atoms with Crippen molar-refractivity contribution in [1.82, 2.24) is 15.2 Å². The van der Waals surface area contributed by atoms with Gasteiger partial charge in [0.1, 0.15) is 23.3 Å². The Morgan fingerprint density at radius 1 is 0.922 bits per heavy atom. The Morgan fingerprint density at radius 2 is 1.58 bits per heavy atom. The number of carbonyl (C=O) groups is 5. The SMILES string of the molecule is COCCN1CCN(/N=C/C2=C3NC(=O)/C(C)=C\C=C\[C@@H](C)[C@H](C)[C@H](O)[C@@H](C)[C@@H](O)[C@@H](C)[C@H](OC(C)=O)[C@H](C)[C@@H](OC)/C=C/O[C@@]4(C)Oc5c(C)c(O)c(c(c5C4=O)C2=O)C3=O)CC1. The number of aliphatic hydroxyl groups is 2. The predicted molar refractivity (Wildman–Crippen MR) is 236 cm³/mol. The third kappa shape index (κ3) is 10.2. The molecule has 17 heteroatoms. The average Bonchev–Trinajstić information content (AvgIpc) is 3.53. The lowest BCUT2D eigenvalue weighted by atomic mass is 9.76. The van der Waals surface area contributed by atoms with Gasteiger partial charge in [-0.3, -0.25) is 33.9 Å². The lowest BCUT2D eigenvalue weighted by molar-refractivity contribution is -0.161. The first-order valence-corrected chi connectivity index (χ1v) is 21.7. The second kappa shape index (κ2) is 20.7. The Morgan fingerprint density at radius 3 is 2.20 bits per heavy atom. The molecule has 1 aromatic carbocycles. The van der Waals surface area contributed by atoms with Gasteiger partial charge >= 0.3 is 11.8 Å². The summed E-state index contributed by atoms with van der Waals surface area (Å²) < 4.78 is 28.8. The summed E-state index contributed by atoms with van der Waals surface area (Å²) in [6, 6.07) is 0. The molecule has 0 unspecified atom stereocenters. The van der Waals surface area contributed by atoms with E-state index in [4.69, 9.17) is 23.7 Å². The molecular weight excluding hydrogens is 829 g/mol. The zero-order chi connectivity index (χ0) is 47.4. The van der Waals surface area contributed by atoms with Gasteiger partial charge in [0.25, 0.3) is 11.7 Å². The summed E-state index contributed by atoms with van der Waals surface area (Å²) in [7, 11) is 3.06. The van der Waals surface area contributed by atoms with Crippen molar-refractivity contribution in [3.8, 4) is 11.5 Å². The minimum atomic E-state index is -2.11. The van der Waals surface area contributed by atoms with Crippen molar-refractivity contribution >= 4 is 35.4 Å². The second-order valence-electron chi connectivity index (χ2n) is 17.5. The summed E-state index contributed by atoms with van der Waals surface area (Å²) in [5.41, 5.74) is -1.80. The maximum absolute atomic E-state index is 14.8. The van der Waals surface area contributed by atoms with E-state index in [1.807, 2.05) is 13.8 Å². The molecule has 0 radical (unpaired) electrons. The zero-order valence-corrected chi connectivity index (χ0v) is 38.7. The van der Waals surface area contributed by atoms with Crippen LogP contribution in [0.2, 0.25) is 0 Å². The van der Waals surface area contributed by atoms with Gasteiger partial charge in [0, 0.05) is 89.7 Å². The van der Waals surface area contributed by atoms with Gasteiger partial charge in [-0.25, -0.2) is 0 Å². The monoisotopic (exact) mass is 892 g/mol. The molecular formula is C47H64N4O13. The van der Waals surface area contributed by atoms with Crippen LogP contribution in [-0.2, 0) is 28.5 Å². The minimum Gasteiger partial charge on any atom is -0.507 e. The first-order valence-electron chi connectivity index (χ1n) is 21.7. The van der Waals surface area contributed by atoms with Crippen LogP contribution < -0.4 is 10.1 Å². The van der Waals surface area contributed by atoms with E-state index in [2.05, 4.69) is 15.3 Å². The smallest absolute Gasteiger partial charge is 0.312 e. The van der Waals surface area contributed by atoms with Crippen molar-refractivity contribution in [2.45, 2.75) is 92.5 Å². The highest BCUT2D eigenvalue weighted by molar-refractivity contribution is 6.37. The maximum Gasteiger partial charge on any atom is 0.312 e. The van der Waals surface area contributed by atoms with Gasteiger partial charge in [0.05, 0.1) is 59.7 Å². The van der Waals surface area contributed by atoms with Crippen LogP contribution in [0.3, 0.4) is 0 Å². The molecule has 0 spiro atoms. The molecule has 4 aliphatic heterocycles. The van der Waals surface area contributed by atoms with E-state index >= 15 is 0 Å². The fourth-order valence-electron chi connectivity index (χ4n) is 8.65. The summed E-state index contributed by atoms with van der Waals surface area (Å²) >= 11 is 0. The molecule has 0 aromatic heterocycles. The number of hydrogen-bond acceptors (Lipinski definition) is 16. The molecule has 1 aliphatic carbocycles. The Kier molecular flexibility index (Phi) is 16.1. The number of benzene rings is 1. The lowest BCUT2D eigenvalue weighted by Gasteiger charge is -2.38. The van der Waals surface area contributed by atoms with E-state index in [1.165, 1.54) is 59.4 Å². The topological polar surface area (TPSA) is 223 Å². The third-order valence-corrected chi connectivity index (χ3v) is 13.1. The summed E-state index contributed by atoms with van der Waals surface area (Å²) in [6.07, 6.45) is 4.94. The third-order valence-electron chi connectivity index (χ3n) is 13.1. The number of ether oxygens (including phenoxy) is 5. The Labute approximate surface area is 374 Å². The number of esters is 1. The van der Waals surface area contributed by atoms with Crippen LogP contribution in [0.15, 0.2) is 52.5 Å². The van der Waals surface area contributed by atoms with Crippen LogP contribution in [0.25, 0.3) is 0 Å². The predicted octanol–water partition coefficient (Wildman–Crippen LogP) is 3.89. The van der Waals surface area contributed by atoms with Gasteiger partial charge in [-0.2, -0.15) is 5.10 Å². The van der Waals surface area contributed by atoms with Gasteiger partial charge in [0.15, 0.2) is 5.78 Å². The first-order chi connectivity index (χ1) is 30.2. The molecule has 1 aromatic rings. The molecule has 1 saturated heterocycles. The fourth-order valence-corrected chi connectivity index (χ4v) is 8.65. The fraction of sp³-hybridized carbons (Fsp3) is 0.574. The first kappa shape index (κ1) is 49.8. The molecule has 10 atom stereocenters. The number of ketones is 3. The molecule has 4 heterocycles. The summed E-state index contributed by atoms with van der Waals surface area (Å²) in [5, 5.41) is 43.6. The number of rotatable bonds is 7. The number of methoxy groups -OCH3 is 2. The van der Waals surface area contributed by atoms with Gasteiger partial charge in [-0.1, -0.05) is 52.8 Å². The number of allylic oxidation sites excluding steroid dienone is 5. The van der Waals surface area contributed by atoms with Crippen molar-refractivity contribution in [1.29, 1.82) is 0 Å². The number of hydrogen-bond donors (Lipinski definition) is 4. The van der Waals surface area contributed by atoms with Crippen LogP contribution in [0, 0.1) is 36.5 Å². The summed E-state index contributed by atoms with van der Waals surface area (Å²) in [4.78, 5) is 72.3. The number of Topliss-reactive ketones (excluding diaryl/α,β-unsaturated/α-hetero) is 3. The largest absolute Gasteiger partial charge is 0.507 e. The standard InChI is InChI=1S/C47H64N4O13/c1-24-13-12-14-25(2)46(59)49-37-32(23-48-51-18-16-50(17-19-51)20-22-60-10)41(56)34-35(42(37)57)40(55)30(7)44-36(34)45(58)47(9,64-44)62-21-15-33(61-11)27(4)43(63-31(8)52)29(6)39(54)28(5)38(53)26(24)3/h12-15,21,23-24,26-29,33,38-39,43,53-55H,16-20,22H2,1-11H3,(H,49,59)/b13-12+,21-15+,25-14-,48-23+/t24-,26+,27-,28-,29-,33+,38+,39-,43-,47+/m1/s1. The van der Waals surface area contributed by atoms with Crippen LogP contribution >= 0.6 is 0 Å². The number of aliphatic hydroxyl groups excluding tert-OH is 2. The molecule has 5 aliphatic rings. The second-order valence-corrected chi connectivity index (χ2v) is 17.5. The number of amides is 1. The highest BCUT2D eigenvalue weighted by Crippen LogP contribution is 2.48. The van der Waals surface area contributed by atoms with Crippen molar-refractivity contribution in [3.05, 3.63) is 69.7 Å².